The van der Waals surface area contributed by atoms with Gasteiger partial charge in [0.1, 0.15) is 0 Å². The molecule has 2 aromatic carbocycles. The zero-order valence-electron chi connectivity index (χ0n) is 16.7. The van der Waals surface area contributed by atoms with Crippen molar-refractivity contribution in [2.75, 3.05) is 0 Å². The third-order valence-corrected chi connectivity index (χ3v) is 5.24. The van der Waals surface area contributed by atoms with Crippen molar-refractivity contribution in [3.63, 3.8) is 0 Å². The number of aromatic nitrogens is 1. The van der Waals surface area contributed by atoms with Crippen molar-refractivity contribution in [2.45, 2.75) is 60.3 Å². The lowest BCUT2D eigenvalue weighted by Crippen LogP contribution is -2.13. The lowest BCUT2D eigenvalue weighted by Gasteiger charge is -2.22. The lowest BCUT2D eigenvalue weighted by atomic mass is 9.83. The van der Waals surface area contributed by atoms with Gasteiger partial charge in [-0.3, -0.25) is 4.98 Å². The molecule has 3 aromatic rings. The maximum absolute atomic E-state index is 4.61. The van der Waals surface area contributed by atoms with Crippen LogP contribution in [0.5, 0.6) is 0 Å². The van der Waals surface area contributed by atoms with E-state index in [9.17, 15) is 0 Å². The first-order valence-corrected chi connectivity index (χ1v) is 9.40. The van der Waals surface area contributed by atoms with Gasteiger partial charge in [-0.1, -0.05) is 71.2 Å². The third kappa shape index (κ3) is 4.47. The summed E-state index contributed by atoms with van der Waals surface area (Å²) >= 11 is 0. The summed E-state index contributed by atoms with van der Waals surface area (Å²) in [4.78, 5) is 4.61. The number of hydrogen-bond donors (Lipinski definition) is 0. The van der Waals surface area contributed by atoms with Crippen LogP contribution in [0.4, 0.5) is 0 Å². The molecule has 0 bridgehead atoms. The molecular formula is C26H33N. The topological polar surface area (TPSA) is 12.9 Å². The van der Waals surface area contributed by atoms with E-state index in [4.69, 9.17) is 0 Å². The maximum Gasteiger partial charge on any atom is 0.0705 e. The Labute approximate surface area is 165 Å². The number of aryl methyl sites for hydroxylation is 3. The first kappa shape index (κ1) is 20.9. The third-order valence-electron chi connectivity index (χ3n) is 5.24. The Morgan fingerprint density at radius 1 is 1.04 bits per heavy atom. The zero-order chi connectivity index (χ0) is 18.9. The molecule has 0 saturated heterocycles. The summed E-state index contributed by atoms with van der Waals surface area (Å²) in [6.07, 6.45) is 3.94. The molecule has 0 unspecified atom stereocenters. The molecule has 0 N–H and O–H groups in total. The van der Waals surface area contributed by atoms with E-state index in [1.54, 1.807) is 0 Å². The first-order chi connectivity index (χ1) is 12.3. The van der Waals surface area contributed by atoms with Crippen LogP contribution in [0.1, 0.15) is 62.4 Å². The average molecular weight is 360 g/mol. The molecule has 0 spiro atoms. The van der Waals surface area contributed by atoms with Crippen molar-refractivity contribution in [2.24, 2.45) is 0 Å². The number of para-hydroxylation sites is 1. The first-order valence-electron chi connectivity index (χ1n) is 9.40. The summed E-state index contributed by atoms with van der Waals surface area (Å²) in [6.45, 7) is 15.5. The number of fused-ring (bicyclic) bond motifs is 1. The van der Waals surface area contributed by atoms with Crippen molar-refractivity contribution in [3.8, 4) is 0 Å². The van der Waals surface area contributed by atoms with Crippen LogP contribution in [0.3, 0.4) is 0 Å². The molecule has 1 aromatic heterocycles. The largest absolute Gasteiger partial charge is 0.256 e. The van der Waals surface area contributed by atoms with Gasteiger partial charge in [0.25, 0.3) is 0 Å². The van der Waals surface area contributed by atoms with Gasteiger partial charge in [0.05, 0.1) is 5.52 Å². The van der Waals surface area contributed by atoms with E-state index in [1.807, 2.05) is 12.3 Å². The van der Waals surface area contributed by atoms with Crippen LogP contribution in [0.25, 0.3) is 16.5 Å². The molecule has 0 aliphatic heterocycles. The summed E-state index contributed by atoms with van der Waals surface area (Å²) < 4.78 is 0. The Bertz CT molecular complexity index is 958. The van der Waals surface area contributed by atoms with Gasteiger partial charge >= 0.3 is 0 Å². The van der Waals surface area contributed by atoms with Crippen LogP contribution in [0.2, 0.25) is 0 Å². The number of benzene rings is 2. The molecule has 0 saturated carbocycles. The van der Waals surface area contributed by atoms with Crippen LogP contribution in [0.15, 0.2) is 55.2 Å². The predicted molar refractivity (Wildman–Crippen MR) is 120 cm³/mol. The molecule has 142 valence electrons. The molecule has 0 amide bonds. The second kappa shape index (κ2) is 8.08. The highest BCUT2D eigenvalue weighted by Crippen LogP contribution is 2.29. The van der Waals surface area contributed by atoms with Crippen LogP contribution in [-0.4, -0.2) is 4.98 Å². The van der Waals surface area contributed by atoms with Gasteiger partial charge in [0.15, 0.2) is 0 Å². The van der Waals surface area contributed by atoms with Crippen LogP contribution in [0, 0.1) is 13.8 Å². The second-order valence-electron chi connectivity index (χ2n) is 8.32. The van der Waals surface area contributed by atoms with Gasteiger partial charge in [0.2, 0.25) is 0 Å². The van der Waals surface area contributed by atoms with E-state index in [1.165, 1.54) is 38.8 Å². The predicted octanol–water partition coefficient (Wildman–Crippen LogP) is 7.43. The fourth-order valence-corrected chi connectivity index (χ4v) is 3.79. The Kier molecular flexibility index (Phi) is 6.26. The minimum Gasteiger partial charge on any atom is -0.256 e. The summed E-state index contributed by atoms with van der Waals surface area (Å²) in [5.41, 5.74) is 9.06. The number of pyridine rings is 1. The zero-order valence-corrected chi connectivity index (χ0v) is 16.7. The second-order valence-corrected chi connectivity index (χ2v) is 8.32. The van der Waals surface area contributed by atoms with Gasteiger partial charge in [-0.15, -0.1) is 0 Å². The van der Waals surface area contributed by atoms with E-state index in [2.05, 4.69) is 82.6 Å². The van der Waals surface area contributed by atoms with Crippen molar-refractivity contribution in [1.82, 2.24) is 4.98 Å². The van der Waals surface area contributed by atoms with Gasteiger partial charge in [-0.2, -0.15) is 0 Å². The van der Waals surface area contributed by atoms with Gasteiger partial charge in [0, 0.05) is 11.6 Å². The van der Waals surface area contributed by atoms with Crippen LogP contribution in [-0.2, 0) is 11.8 Å². The fraction of sp³-hybridized carbons (Fsp3) is 0.346. The number of hydrogen-bond acceptors (Lipinski definition) is 1. The molecule has 1 nitrogen and oxygen atoms in total. The Morgan fingerprint density at radius 3 is 2.41 bits per heavy atom. The normalized spacial score (nSPS) is 11.3. The number of allylic oxidation sites excluding steroid dienone is 1. The maximum atomic E-state index is 4.61. The molecular weight excluding hydrogens is 326 g/mol. The molecule has 0 aliphatic rings. The van der Waals surface area contributed by atoms with E-state index < -0.39 is 0 Å². The van der Waals surface area contributed by atoms with Gasteiger partial charge < -0.3 is 0 Å². The molecule has 1 heteroatoms. The Hall–Kier alpha value is -2.41. The van der Waals surface area contributed by atoms with Crippen molar-refractivity contribution >= 4 is 16.5 Å². The summed E-state index contributed by atoms with van der Waals surface area (Å²) in [5.74, 6) is 0. The Balaban J connectivity index is 0.00000261. The molecule has 1 heterocycles. The quantitative estimate of drug-likeness (QED) is 0.472. The number of nitrogens with zero attached hydrogens (tertiary/aromatic N) is 1. The van der Waals surface area contributed by atoms with Crippen molar-refractivity contribution in [1.29, 1.82) is 0 Å². The van der Waals surface area contributed by atoms with Crippen molar-refractivity contribution < 1.29 is 0 Å². The minimum absolute atomic E-state index is 0. The van der Waals surface area contributed by atoms with Gasteiger partial charge in [-0.05, 0) is 71.6 Å². The SMILES string of the molecule is C.C=C(CCc1ccc(C(C)(C)C)c(C)c1)c1cnc2ccccc2c1C. The summed E-state index contributed by atoms with van der Waals surface area (Å²) in [7, 11) is 0. The smallest absolute Gasteiger partial charge is 0.0705 e. The van der Waals surface area contributed by atoms with Crippen LogP contribution < -0.4 is 0 Å². The molecule has 0 fully saturated rings. The fourth-order valence-electron chi connectivity index (χ4n) is 3.79. The Morgan fingerprint density at radius 2 is 1.74 bits per heavy atom. The van der Waals surface area contributed by atoms with E-state index in [0.717, 1.165) is 18.4 Å². The minimum atomic E-state index is 0. The molecule has 0 atom stereocenters. The van der Waals surface area contributed by atoms with E-state index in [-0.39, 0.29) is 12.8 Å². The number of rotatable bonds is 4. The standard InChI is InChI=1S/C25H29N.CH4/c1-17(22-16-26-24-10-8-7-9-21(24)19(22)3)11-12-20-13-14-23(18(2)15-20)25(4,5)6;/h7-10,13-16H,1,11-12H2,2-6H3;1H4. The molecule has 3 rings (SSSR count). The molecule has 0 radical (unpaired) electrons. The van der Waals surface area contributed by atoms with Gasteiger partial charge in [-0.25, -0.2) is 0 Å². The van der Waals surface area contributed by atoms with Crippen LogP contribution >= 0.6 is 0 Å². The highest BCUT2D eigenvalue weighted by Gasteiger charge is 2.16. The average Bonchev–Trinajstić information content (AvgIpc) is 2.59. The monoisotopic (exact) mass is 359 g/mol. The van der Waals surface area contributed by atoms with E-state index in [0.29, 0.717) is 0 Å². The van der Waals surface area contributed by atoms with Crippen molar-refractivity contribution in [3.05, 3.63) is 83.1 Å². The summed E-state index contributed by atoms with van der Waals surface area (Å²) in [5, 5.41) is 1.22. The molecule has 27 heavy (non-hydrogen) atoms. The highest BCUT2D eigenvalue weighted by molar-refractivity contribution is 5.86. The highest BCUT2D eigenvalue weighted by atomic mass is 14.7. The molecule has 0 aliphatic carbocycles. The lowest BCUT2D eigenvalue weighted by molar-refractivity contribution is 0.586. The summed E-state index contributed by atoms with van der Waals surface area (Å²) in [6, 6.07) is 15.2. The van der Waals surface area contributed by atoms with E-state index >= 15 is 0 Å².